The zero-order valence-corrected chi connectivity index (χ0v) is 17.0. The van der Waals surface area contributed by atoms with E-state index in [0.29, 0.717) is 31.4 Å². The molecule has 8 nitrogen and oxygen atoms in total. The maximum atomic E-state index is 13.1. The molecule has 29 heavy (non-hydrogen) atoms. The number of para-hydroxylation sites is 1. The second-order valence-corrected chi connectivity index (χ2v) is 8.95. The maximum absolute atomic E-state index is 13.1. The van der Waals surface area contributed by atoms with Crippen LogP contribution in [0, 0.1) is 10.1 Å². The third-order valence-electron chi connectivity index (χ3n) is 5.14. The zero-order chi connectivity index (χ0) is 21.0. The molecule has 3 rings (SSSR count). The molecule has 1 aliphatic rings. The van der Waals surface area contributed by atoms with Crippen LogP contribution in [0.5, 0.6) is 0 Å². The first-order valence-electron chi connectivity index (χ1n) is 9.63. The van der Waals surface area contributed by atoms with Crippen molar-refractivity contribution in [2.45, 2.75) is 49.6 Å². The number of anilines is 2. The van der Waals surface area contributed by atoms with E-state index in [-0.39, 0.29) is 35.0 Å². The number of hydrogen-bond acceptors (Lipinski definition) is 6. The van der Waals surface area contributed by atoms with Gasteiger partial charge in [0.15, 0.2) is 0 Å². The lowest BCUT2D eigenvalue weighted by Gasteiger charge is -2.27. The van der Waals surface area contributed by atoms with Crippen LogP contribution in [0.4, 0.5) is 17.1 Å². The molecule has 0 unspecified atom stereocenters. The molecule has 0 aromatic heterocycles. The number of rotatable bonds is 7. The second kappa shape index (κ2) is 8.79. The summed E-state index contributed by atoms with van der Waals surface area (Å²) in [7, 11) is -3.95. The summed E-state index contributed by atoms with van der Waals surface area (Å²) in [5.74, 6) is 0. The smallest absolute Gasteiger partial charge is 0.293 e. The van der Waals surface area contributed by atoms with Gasteiger partial charge in [-0.1, -0.05) is 18.2 Å². The number of nitrogens with one attached hydrogen (secondary N) is 1. The third-order valence-corrected chi connectivity index (χ3v) is 7.04. The fourth-order valence-corrected chi connectivity index (χ4v) is 5.09. The average Bonchev–Trinajstić information content (AvgIpc) is 2.71. The predicted molar refractivity (Wildman–Crippen MR) is 112 cm³/mol. The van der Waals surface area contributed by atoms with Gasteiger partial charge in [-0.05, 0) is 56.9 Å². The van der Waals surface area contributed by atoms with Crippen LogP contribution in [0.2, 0.25) is 0 Å². The topological polar surface area (TPSA) is 113 Å². The Hall–Kier alpha value is -2.65. The van der Waals surface area contributed by atoms with E-state index in [2.05, 4.69) is 5.32 Å². The lowest BCUT2D eigenvalue weighted by molar-refractivity contribution is -0.384. The van der Waals surface area contributed by atoms with Crippen molar-refractivity contribution in [3.63, 3.8) is 0 Å². The van der Waals surface area contributed by atoms with E-state index in [4.69, 9.17) is 0 Å². The molecular weight excluding hydrogens is 394 g/mol. The molecular formula is C20H25N3O5S. The van der Waals surface area contributed by atoms with Crippen molar-refractivity contribution in [3.05, 3.63) is 58.6 Å². The van der Waals surface area contributed by atoms with Crippen LogP contribution >= 0.6 is 0 Å². The summed E-state index contributed by atoms with van der Waals surface area (Å²) in [5, 5.41) is 24.4. The van der Waals surface area contributed by atoms with E-state index >= 15 is 0 Å². The normalized spacial score (nSPS) is 19.5. The highest BCUT2D eigenvalue weighted by Crippen LogP contribution is 2.32. The Morgan fingerprint density at radius 2 is 1.79 bits per heavy atom. The van der Waals surface area contributed by atoms with Gasteiger partial charge in [-0.15, -0.1) is 0 Å². The Morgan fingerprint density at radius 3 is 2.38 bits per heavy atom. The molecule has 2 aromatic carbocycles. The first-order valence-corrected chi connectivity index (χ1v) is 11.1. The molecule has 0 spiro atoms. The number of nitro groups is 1. The average molecular weight is 420 g/mol. The van der Waals surface area contributed by atoms with Crippen molar-refractivity contribution >= 4 is 27.1 Å². The molecule has 0 bridgehead atoms. The Labute approximate surface area is 170 Å². The summed E-state index contributed by atoms with van der Waals surface area (Å²) in [5.41, 5.74) is 0.514. The molecule has 0 atom stereocenters. The molecule has 0 aliphatic heterocycles. The molecule has 1 fully saturated rings. The summed E-state index contributed by atoms with van der Waals surface area (Å²) >= 11 is 0. The number of nitrogens with zero attached hydrogens (tertiary/aromatic N) is 2. The summed E-state index contributed by atoms with van der Waals surface area (Å²) in [4.78, 5) is 10.9. The molecule has 9 heteroatoms. The molecule has 1 aliphatic carbocycles. The van der Waals surface area contributed by atoms with E-state index < -0.39 is 14.9 Å². The molecule has 2 aromatic rings. The van der Waals surface area contributed by atoms with Crippen LogP contribution in [0.25, 0.3) is 0 Å². The number of aliphatic hydroxyl groups excluding tert-OH is 1. The number of nitro benzene ring substituents is 1. The Balaban J connectivity index is 1.92. The quantitative estimate of drug-likeness (QED) is 0.524. The Kier molecular flexibility index (Phi) is 6.39. The van der Waals surface area contributed by atoms with E-state index in [0.717, 1.165) is 6.07 Å². The highest BCUT2D eigenvalue weighted by Gasteiger charge is 2.28. The van der Waals surface area contributed by atoms with E-state index in [1.165, 1.54) is 16.4 Å². The molecule has 0 saturated heterocycles. The predicted octanol–water partition coefficient (Wildman–Crippen LogP) is 3.53. The highest BCUT2D eigenvalue weighted by molar-refractivity contribution is 7.92. The van der Waals surface area contributed by atoms with E-state index in [1.807, 2.05) is 0 Å². The largest absolute Gasteiger partial charge is 0.393 e. The maximum Gasteiger partial charge on any atom is 0.293 e. The fraction of sp³-hybridized carbons (Fsp3) is 0.400. The van der Waals surface area contributed by atoms with Crippen molar-refractivity contribution in [2.75, 3.05) is 16.2 Å². The molecule has 0 amide bonds. The van der Waals surface area contributed by atoms with Gasteiger partial charge < -0.3 is 10.4 Å². The summed E-state index contributed by atoms with van der Waals surface area (Å²) in [6.45, 7) is 1.91. The van der Waals surface area contributed by atoms with Gasteiger partial charge in [-0.2, -0.15) is 0 Å². The lowest BCUT2D eigenvalue weighted by Crippen LogP contribution is -2.31. The van der Waals surface area contributed by atoms with Gasteiger partial charge in [-0.3, -0.25) is 14.4 Å². The summed E-state index contributed by atoms with van der Waals surface area (Å²) in [6, 6.07) is 12.6. The van der Waals surface area contributed by atoms with E-state index in [1.54, 1.807) is 37.3 Å². The van der Waals surface area contributed by atoms with Crippen LogP contribution in [-0.2, 0) is 10.0 Å². The van der Waals surface area contributed by atoms with Crippen molar-refractivity contribution in [1.29, 1.82) is 0 Å². The highest BCUT2D eigenvalue weighted by atomic mass is 32.2. The van der Waals surface area contributed by atoms with Gasteiger partial charge >= 0.3 is 0 Å². The third kappa shape index (κ3) is 4.68. The van der Waals surface area contributed by atoms with Crippen LogP contribution in [0.3, 0.4) is 0 Å². The molecule has 0 heterocycles. The molecule has 1 saturated carbocycles. The summed E-state index contributed by atoms with van der Waals surface area (Å²) < 4.78 is 27.5. The fourth-order valence-electron chi connectivity index (χ4n) is 3.60. The van der Waals surface area contributed by atoms with Gasteiger partial charge in [0.1, 0.15) is 5.69 Å². The minimum Gasteiger partial charge on any atom is -0.393 e. The van der Waals surface area contributed by atoms with Crippen molar-refractivity contribution in [1.82, 2.24) is 0 Å². The van der Waals surface area contributed by atoms with Crippen LogP contribution < -0.4 is 9.62 Å². The van der Waals surface area contributed by atoms with Crippen LogP contribution in [-0.4, -0.2) is 37.1 Å². The number of sulfonamides is 1. The van der Waals surface area contributed by atoms with Gasteiger partial charge in [0, 0.05) is 18.7 Å². The number of benzene rings is 2. The zero-order valence-electron chi connectivity index (χ0n) is 16.2. The first-order chi connectivity index (χ1) is 13.8. The number of aliphatic hydroxyl groups is 1. The molecule has 156 valence electrons. The first kappa shape index (κ1) is 21.1. The Bertz CT molecular complexity index is 957. The van der Waals surface area contributed by atoms with Crippen LogP contribution in [0.15, 0.2) is 53.4 Å². The monoisotopic (exact) mass is 419 g/mol. The van der Waals surface area contributed by atoms with Gasteiger partial charge in [0.2, 0.25) is 0 Å². The van der Waals surface area contributed by atoms with Crippen molar-refractivity contribution < 1.29 is 18.4 Å². The van der Waals surface area contributed by atoms with Crippen LogP contribution in [0.1, 0.15) is 32.6 Å². The number of hydrogen-bond donors (Lipinski definition) is 2. The van der Waals surface area contributed by atoms with Crippen molar-refractivity contribution in [3.8, 4) is 0 Å². The Morgan fingerprint density at radius 1 is 1.14 bits per heavy atom. The second-order valence-electron chi connectivity index (χ2n) is 7.09. The SMILES string of the molecule is CCN(c1ccccc1)S(=O)(=O)c1ccc(NC2CCC(O)CC2)c([N+](=O)[O-])c1. The molecule has 2 N–H and O–H groups in total. The minimum atomic E-state index is -3.95. The lowest BCUT2D eigenvalue weighted by atomic mass is 9.93. The van der Waals surface area contributed by atoms with Gasteiger partial charge in [0.25, 0.3) is 15.7 Å². The van der Waals surface area contributed by atoms with E-state index in [9.17, 15) is 23.6 Å². The van der Waals surface area contributed by atoms with Gasteiger partial charge in [0.05, 0.1) is 21.6 Å². The molecule has 0 radical (unpaired) electrons. The standard InChI is InChI=1S/C20H25N3O5S/c1-2-22(16-6-4-3-5-7-16)29(27,28)18-12-13-19(20(14-18)23(25)26)21-15-8-10-17(24)11-9-15/h3-7,12-15,17,21,24H,2,8-11H2,1H3. The minimum absolute atomic E-state index is 0.0102. The summed E-state index contributed by atoms with van der Waals surface area (Å²) in [6.07, 6.45) is 2.36. The van der Waals surface area contributed by atoms with Crippen molar-refractivity contribution in [2.24, 2.45) is 0 Å². The van der Waals surface area contributed by atoms with Gasteiger partial charge in [-0.25, -0.2) is 8.42 Å².